The van der Waals surface area contributed by atoms with Gasteiger partial charge in [-0.3, -0.25) is 9.59 Å². The van der Waals surface area contributed by atoms with Crippen molar-refractivity contribution >= 4 is 11.8 Å². The van der Waals surface area contributed by atoms with Crippen molar-refractivity contribution in [3.63, 3.8) is 0 Å². The molecule has 0 aliphatic carbocycles. The molecular formula is C22H24O4. The van der Waals surface area contributed by atoms with Gasteiger partial charge in [0.1, 0.15) is 12.4 Å². The Kier molecular flexibility index (Phi) is 5.71. The quantitative estimate of drug-likeness (QED) is 0.793. The Hall–Kier alpha value is -2.62. The third kappa shape index (κ3) is 4.13. The fourth-order valence-corrected chi connectivity index (χ4v) is 3.30. The maximum Gasteiger partial charge on any atom is 0.303 e. The first kappa shape index (κ1) is 18.2. The van der Waals surface area contributed by atoms with Crippen LogP contribution in [0.2, 0.25) is 0 Å². The number of hydrogen-bond acceptors (Lipinski definition) is 3. The fourth-order valence-electron chi connectivity index (χ4n) is 3.30. The zero-order valence-corrected chi connectivity index (χ0v) is 15.1. The molecule has 0 unspecified atom stereocenters. The van der Waals surface area contributed by atoms with Gasteiger partial charge in [0.25, 0.3) is 0 Å². The number of fused-ring (bicyclic) bond motifs is 2. The predicted molar refractivity (Wildman–Crippen MR) is 99.8 cm³/mol. The van der Waals surface area contributed by atoms with Crippen molar-refractivity contribution in [3.8, 4) is 5.75 Å². The molecule has 3 rings (SSSR count). The van der Waals surface area contributed by atoms with E-state index in [1.807, 2.05) is 30.3 Å². The molecule has 1 aliphatic heterocycles. The summed E-state index contributed by atoms with van der Waals surface area (Å²) in [5.41, 5.74) is 4.41. The van der Waals surface area contributed by atoms with E-state index in [9.17, 15) is 9.59 Å². The van der Waals surface area contributed by atoms with Crippen LogP contribution in [0.5, 0.6) is 5.75 Å². The van der Waals surface area contributed by atoms with E-state index in [1.165, 1.54) is 5.56 Å². The van der Waals surface area contributed by atoms with Crippen molar-refractivity contribution in [2.75, 3.05) is 0 Å². The standard InChI is InChI=1S/C22H24O4/c1-2-3-5-15-8-10-18-17(12-15)14-26-20-11-9-16(6-4-7-21(23)24)13-19(20)22(18)25/h8-13H,2-7,14H2,1H3,(H,23,24). The highest BCUT2D eigenvalue weighted by Crippen LogP contribution is 2.30. The number of aryl methyl sites for hydroxylation is 2. The first-order chi connectivity index (χ1) is 12.6. The fraction of sp³-hybridized carbons (Fsp3) is 0.364. The molecule has 1 N–H and O–H groups in total. The largest absolute Gasteiger partial charge is 0.488 e. The minimum absolute atomic E-state index is 0.0189. The molecule has 0 radical (unpaired) electrons. The van der Waals surface area contributed by atoms with Gasteiger partial charge in [-0.15, -0.1) is 0 Å². The summed E-state index contributed by atoms with van der Waals surface area (Å²) in [5, 5.41) is 8.77. The number of rotatable bonds is 7. The molecule has 4 nitrogen and oxygen atoms in total. The van der Waals surface area contributed by atoms with Crippen molar-refractivity contribution in [2.24, 2.45) is 0 Å². The lowest BCUT2D eigenvalue weighted by Gasteiger charge is -2.08. The van der Waals surface area contributed by atoms with Gasteiger partial charge in [0.15, 0.2) is 5.78 Å². The van der Waals surface area contributed by atoms with Gasteiger partial charge in [-0.2, -0.15) is 0 Å². The van der Waals surface area contributed by atoms with Crippen molar-refractivity contribution in [1.29, 1.82) is 0 Å². The van der Waals surface area contributed by atoms with Crippen LogP contribution in [-0.4, -0.2) is 16.9 Å². The molecule has 136 valence electrons. The maximum absolute atomic E-state index is 13.0. The molecule has 2 aromatic rings. The molecule has 0 fully saturated rings. The molecule has 0 spiro atoms. The minimum Gasteiger partial charge on any atom is -0.488 e. The van der Waals surface area contributed by atoms with Crippen molar-refractivity contribution in [1.82, 2.24) is 0 Å². The van der Waals surface area contributed by atoms with Crippen LogP contribution in [0.25, 0.3) is 0 Å². The second-order valence-electron chi connectivity index (χ2n) is 6.79. The number of carbonyl (C=O) groups excluding carboxylic acids is 1. The zero-order valence-electron chi connectivity index (χ0n) is 15.1. The summed E-state index contributed by atoms with van der Waals surface area (Å²) in [6, 6.07) is 11.6. The van der Waals surface area contributed by atoms with Crippen LogP contribution in [-0.2, 0) is 24.2 Å². The van der Waals surface area contributed by atoms with Gasteiger partial charge < -0.3 is 9.84 Å². The molecule has 4 heteroatoms. The average molecular weight is 352 g/mol. The zero-order chi connectivity index (χ0) is 18.5. The summed E-state index contributed by atoms with van der Waals surface area (Å²) in [4.78, 5) is 23.7. The molecule has 2 aromatic carbocycles. The number of aliphatic carboxylic acids is 1. The highest BCUT2D eigenvalue weighted by Gasteiger charge is 2.22. The van der Waals surface area contributed by atoms with Crippen LogP contribution >= 0.6 is 0 Å². The van der Waals surface area contributed by atoms with E-state index in [-0.39, 0.29) is 12.2 Å². The van der Waals surface area contributed by atoms with Crippen LogP contribution in [0.3, 0.4) is 0 Å². The smallest absolute Gasteiger partial charge is 0.303 e. The monoisotopic (exact) mass is 352 g/mol. The molecule has 0 amide bonds. The molecule has 0 bridgehead atoms. The third-order valence-corrected chi connectivity index (χ3v) is 4.76. The van der Waals surface area contributed by atoms with E-state index in [4.69, 9.17) is 9.84 Å². The number of carboxylic acid groups (broad SMARTS) is 1. The Morgan fingerprint density at radius 3 is 2.54 bits per heavy atom. The molecule has 26 heavy (non-hydrogen) atoms. The number of ketones is 1. The van der Waals surface area contributed by atoms with Crippen LogP contribution in [0.15, 0.2) is 36.4 Å². The summed E-state index contributed by atoms with van der Waals surface area (Å²) in [6.45, 7) is 2.56. The van der Waals surface area contributed by atoms with E-state index in [0.29, 0.717) is 36.3 Å². The topological polar surface area (TPSA) is 63.6 Å². The lowest BCUT2D eigenvalue weighted by molar-refractivity contribution is -0.137. The second-order valence-corrected chi connectivity index (χ2v) is 6.79. The molecule has 0 saturated carbocycles. The minimum atomic E-state index is -0.799. The summed E-state index contributed by atoms with van der Waals surface area (Å²) in [7, 11) is 0. The van der Waals surface area contributed by atoms with Gasteiger partial charge in [0, 0.05) is 17.5 Å². The predicted octanol–water partition coefficient (Wildman–Crippen LogP) is 4.56. The number of unbranched alkanes of at least 4 members (excludes halogenated alkanes) is 1. The Labute approximate surface area is 153 Å². The number of carbonyl (C=O) groups is 2. The van der Waals surface area contributed by atoms with E-state index in [2.05, 4.69) is 13.0 Å². The Balaban J connectivity index is 1.84. The number of benzene rings is 2. The van der Waals surface area contributed by atoms with Gasteiger partial charge >= 0.3 is 5.97 Å². The normalized spacial score (nSPS) is 12.7. The van der Waals surface area contributed by atoms with Gasteiger partial charge in [-0.05, 0) is 48.9 Å². The second kappa shape index (κ2) is 8.17. The Morgan fingerprint density at radius 2 is 1.77 bits per heavy atom. The molecule has 0 aromatic heterocycles. The van der Waals surface area contributed by atoms with Crippen molar-refractivity contribution in [2.45, 2.75) is 52.1 Å². The first-order valence-electron chi connectivity index (χ1n) is 9.22. The summed E-state index contributed by atoms with van der Waals surface area (Å²) >= 11 is 0. The van der Waals surface area contributed by atoms with Crippen LogP contribution < -0.4 is 4.74 Å². The van der Waals surface area contributed by atoms with Gasteiger partial charge in [-0.1, -0.05) is 37.6 Å². The maximum atomic E-state index is 13.0. The SMILES string of the molecule is CCCCc1ccc2c(c1)COc1ccc(CCCC(=O)O)cc1C2=O. The van der Waals surface area contributed by atoms with Crippen LogP contribution in [0.4, 0.5) is 0 Å². The van der Waals surface area contributed by atoms with E-state index in [0.717, 1.165) is 30.4 Å². The van der Waals surface area contributed by atoms with Gasteiger partial charge in [-0.25, -0.2) is 0 Å². The lowest BCUT2D eigenvalue weighted by Crippen LogP contribution is -2.04. The van der Waals surface area contributed by atoms with Crippen molar-refractivity contribution < 1.29 is 19.4 Å². The number of ether oxygens (including phenoxy) is 1. The summed E-state index contributed by atoms with van der Waals surface area (Å²) in [5.74, 6) is -0.218. The van der Waals surface area contributed by atoms with E-state index in [1.54, 1.807) is 0 Å². The van der Waals surface area contributed by atoms with Gasteiger partial charge in [0.2, 0.25) is 0 Å². The van der Waals surface area contributed by atoms with E-state index >= 15 is 0 Å². The van der Waals surface area contributed by atoms with Crippen LogP contribution in [0, 0.1) is 0 Å². The third-order valence-electron chi connectivity index (χ3n) is 4.76. The van der Waals surface area contributed by atoms with Gasteiger partial charge in [0.05, 0.1) is 5.56 Å². The van der Waals surface area contributed by atoms with Crippen LogP contribution in [0.1, 0.15) is 65.2 Å². The highest BCUT2D eigenvalue weighted by molar-refractivity contribution is 6.12. The molecular weight excluding hydrogens is 328 g/mol. The Bertz CT molecular complexity index is 823. The summed E-state index contributed by atoms with van der Waals surface area (Å²) < 4.78 is 5.89. The summed E-state index contributed by atoms with van der Waals surface area (Å²) in [6.07, 6.45) is 4.61. The number of hydrogen-bond donors (Lipinski definition) is 1. The first-order valence-corrected chi connectivity index (χ1v) is 9.22. The Morgan fingerprint density at radius 1 is 1.04 bits per heavy atom. The average Bonchev–Trinajstić information content (AvgIpc) is 2.77. The highest BCUT2D eigenvalue weighted by atomic mass is 16.5. The molecule has 1 aliphatic rings. The molecule has 1 heterocycles. The lowest BCUT2D eigenvalue weighted by atomic mass is 9.94. The van der Waals surface area contributed by atoms with E-state index < -0.39 is 5.97 Å². The van der Waals surface area contributed by atoms with Crippen molar-refractivity contribution in [3.05, 3.63) is 64.2 Å². The molecule has 0 saturated heterocycles. The number of carboxylic acids is 1. The molecule has 0 atom stereocenters.